The summed E-state index contributed by atoms with van der Waals surface area (Å²) in [5.74, 6) is 0.209. The van der Waals surface area contributed by atoms with E-state index in [1.807, 2.05) is 6.92 Å². The van der Waals surface area contributed by atoms with Crippen molar-refractivity contribution in [3.63, 3.8) is 0 Å². The predicted octanol–water partition coefficient (Wildman–Crippen LogP) is 3.25. The molecule has 6 nitrogen and oxygen atoms in total. The first-order valence-corrected chi connectivity index (χ1v) is 7.38. The number of benzene rings is 1. The first kappa shape index (κ1) is 15.5. The van der Waals surface area contributed by atoms with Crippen molar-refractivity contribution in [2.45, 2.75) is 12.8 Å². The molecule has 0 aliphatic carbocycles. The minimum atomic E-state index is -0.534. The number of nitrogens with two attached hydrogens (primary N) is 1. The molecular formula is C15H12Cl2N4O2. The minimum Gasteiger partial charge on any atom is -0.495 e. The van der Waals surface area contributed by atoms with E-state index in [0.29, 0.717) is 32.8 Å². The maximum absolute atomic E-state index is 9.54. The Kier molecular flexibility index (Phi) is 3.84. The van der Waals surface area contributed by atoms with Gasteiger partial charge in [0.05, 0.1) is 18.1 Å². The number of H-pyrrole nitrogens is 1. The fraction of sp³-hybridized carbons (Fsp3) is 0.200. The lowest BCUT2D eigenvalue weighted by Crippen LogP contribution is -2.21. The molecule has 0 bridgehead atoms. The number of aromatic amines is 1. The van der Waals surface area contributed by atoms with Gasteiger partial charge < -0.3 is 15.2 Å². The molecule has 1 aromatic carbocycles. The van der Waals surface area contributed by atoms with Crippen LogP contribution in [0, 0.1) is 18.3 Å². The molecule has 0 fully saturated rings. The van der Waals surface area contributed by atoms with Gasteiger partial charge in [0.1, 0.15) is 17.4 Å². The Bertz CT molecular complexity index is 867. The van der Waals surface area contributed by atoms with Crippen molar-refractivity contribution in [1.82, 2.24) is 10.2 Å². The Balaban J connectivity index is 2.34. The smallest absolute Gasteiger partial charge is 0.244 e. The highest BCUT2D eigenvalue weighted by molar-refractivity contribution is 6.35. The van der Waals surface area contributed by atoms with Gasteiger partial charge in [-0.2, -0.15) is 5.26 Å². The molecule has 0 saturated carbocycles. The van der Waals surface area contributed by atoms with Gasteiger partial charge in [0.2, 0.25) is 11.8 Å². The first-order chi connectivity index (χ1) is 11.0. The summed E-state index contributed by atoms with van der Waals surface area (Å²) in [4.78, 5) is 0. The number of hydrogen-bond donors (Lipinski definition) is 2. The molecule has 1 aliphatic heterocycles. The number of methoxy groups -OCH3 is 1. The predicted molar refractivity (Wildman–Crippen MR) is 85.6 cm³/mol. The van der Waals surface area contributed by atoms with Crippen LogP contribution in [0.4, 0.5) is 0 Å². The van der Waals surface area contributed by atoms with Gasteiger partial charge in [-0.15, -0.1) is 5.10 Å². The first-order valence-electron chi connectivity index (χ1n) is 6.63. The summed E-state index contributed by atoms with van der Waals surface area (Å²) in [5, 5.41) is 17.2. The Hall–Kier alpha value is -2.36. The largest absolute Gasteiger partial charge is 0.495 e. The monoisotopic (exact) mass is 350 g/mol. The Morgan fingerprint density at radius 3 is 2.83 bits per heavy atom. The van der Waals surface area contributed by atoms with Crippen molar-refractivity contribution in [1.29, 1.82) is 5.26 Å². The lowest BCUT2D eigenvalue weighted by Gasteiger charge is -2.25. The van der Waals surface area contributed by atoms with Crippen molar-refractivity contribution >= 4 is 23.2 Å². The molecule has 0 radical (unpaired) electrons. The molecule has 2 aromatic rings. The summed E-state index contributed by atoms with van der Waals surface area (Å²) in [6.45, 7) is 1.83. The quantitative estimate of drug-likeness (QED) is 0.866. The van der Waals surface area contributed by atoms with Gasteiger partial charge in [-0.25, -0.2) is 0 Å². The van der Waals surface area contributed by atoms with E-state index in [2.05, 4.69) is 16.3 Å². The summed E-state index contributed by atoms with van der Waals surface area (Å²) < 4.78 is 10.8. The number of ether oxygens (including phenoxy) is 2. The second kappa shape index (κ2) is 5.69. The van der Waals surface area contributed by atoms with Crippen molar-refractivity contribution in [3.05, 3.63) is 50.5 Å². The highest BCUT2D eigenvalue weighted by atomic mass is 35.5. The molecule has 3 N–H and O–H groups in total. The van der Waals surface area contributed by atoms with Crippen molar-refractivity contribution in [2.75, 3.05) is 7.11 Å². The molecule has 0 saturated heterocycles. The van der Waals surface area contributed by atoms with Gasteiger partial charge in [0.15, 0.2) is 0 Å². The van der Waals surface area contributed by atoms with Crippen LogP contribution in [-0.4, -0.2) is 17.3 Å². The summed E-state index contributed by atoms with van der Waals surface area (Å²) in [6, 6.07) is 5.37. The standard InChI is InChI=1S/C15H12Cl2N4O2/c1-6-11-12(8-3-7(16)4-10(17)13(8)22-2)9(5-18)14(19)23-15(11)21-20-6/h3-4,12H,19H2,1-2H3,(H,20,21)/t12-/m0/s1. The zero-order chi connectivity index (χ0) is 16.7. The number of nitriles is 1. The molecule has 1 atom stereocenters. The number of nitrogens with zero attached hydrogens (tertiary/aromatic N) is 2. The SMILES string of the molecule is COc1c(Cl)cc(Cl)cc1[C@H]1C(C#N)=C(N)Oc2n[nH]c(C)c21. The molecule has 8 heteroatoms. The van der Waals surface area contributed by atoms with E-state index < -0.39 is 5.92 Å². The number of aromatic nitrogens is 2. The number of nitrogens with one attached hydrogen (secondary N) is 1. The van der Waals surface area contributed by atoms with Crippen LogP contribution in [-0.2, 0) is 0 Å². The van der Waals surface area contributed by atoms with Gasteiger partial charge in [-0.1, -0.05) is 23.2 Å². The van der Waals surface area contributed by atoms with E-state index in [9.17, 15) is 5.26 Å². The normalized spacial score (nSPS) is 16.6. The zero-order valence-corrected chi connectivity index (χ0v) is 13.8. The topological polar surface area (TPSA) is 96.9 Å². The average molecular weight is 351 g/mol. The van der Waals surface area contributed by atoms with Gasteiger partial charge >= 0.3 is 0 Å². The number of aryl methyl sites for hydroxylation is 1. The van der Waals surface area contributed by atoms with Gasteiger partial charge in [-0.05, 0) is 19.1 Å². The highest BCUT2D eigenvalue weighted by Gasteiger charge is 2.36. The molecule has 118 valence electrons. The Morgan fingerprint density at radius 2 is 2.17 bits per heavy atom. The van der Waals surface area contributed by atoms with Gasteiger partial charge in [-0.3, -0.25) is 5.10 Å². The fourth-order valence-corrected chi connectivity index (χ4v) is 3.31. The summed E-state index contributed by atoms with van der Waals surface area (Å²) >= 11 is 12.4. The van der Waals surface area contributed by atoms with Crippen LogP contribution >= 0.6 is 23.2 Å². The van der Waals surface area contributed by atoms with Crippen LogP contribution in [0.1, 0.15) is 22.7 Å². The number of halogens is 2. The van der Waals surface area contributed by atoms with Crippen LogP contribution < -0.4 is 15.2 Å². The van der Waals surface area contributed by atoms with E-state index in [1.165, 1.54) is 7.11 Å². The van der Waals surface area contributed by atoms with Crippen LogP contribution in [0.3, 0.4) is 0 Å². The molecule has 0 amide bonds. The molecule has 1 aliphatic rings. The average Bonchev–Trinajstić information content (AvgIpc) is 2.86. The maximum atomic E-state index is 9.54. The number of fused-ring (bicyclic) bond motifs is 1. The van der Waals surface area contributed by atoms with Gasteiger partial charge in [0, 0.05) is 21.8 Å². The van der Waals surface area contributed by atoms with Crippen LogP contribution in [0.15, 0.2) is 23.6 Å². The summed E-state index contributed by atoms with van der Waals surface area (Å²) in [7, 11) is 1.50. The molecule has 2 heterocycles. The van der Waals surface area contributed by atoms with E-state index in [0.717, 1.165) is 5.69 Å². The third-order valence-electron chi connectivity index (χ3n) is 3.68. The highest BCUT2D eigenvalue weighted by Crippen LogP contribution is 2.47. The fourth-order valence-electron chi connectivity index (χ4n) is 2.72. The lowest BCUT2D eigenvalue weighted by molar-refractivity contribution is 0.375. The van der Waals surface area contributed by atoms with E-state index in [1.54, 1.807) is 12.1 Å². The van der Waals surface area contributed by atoms with Crippen LogP contribution in [0.2, 0.25) is 10.0 Å². The van der Waals surface area contributed by atoms with Crippen LogP contribution in [0.25, 0.3) is 0 Å². The second-order valence-electron chi connectivity index (χ2n) is 5.00. The number of allylic oxidation sites excluding steroid dienone is 1. The molecular weight excluding hydrogens is 339 g/mol. The number of hydrogen-bond acceptors (Lipinski definition) is 5. The molecule has 0 unspecified atom stereocenters. The molecule has 0 spiro atoms. The Labute approximate surface area is 142 Å². The summed E-state index contributed by atoms with van der Waals surface area (Å²) in [5.41, 5.74) is 8.21. The molecule has 3 rings (SSSR count). The van der Waals surface area contributed by atoms with E-state index in [-0.39, 0.29) is 11.5 Å². The van der Waals surface area contributed by atoms with E-state index in [4.69, 9.17) is 38.4 Å². The third-order valence-corrected chi connectivity index (χ3v) is 4.18. The molecule has 23 heavy (non-hydrogen) atoms. The maximum Gasteiger partial charge on any atom is 0.244 e. The van der Waals surface area contributed by atoms with Crippen molar-refractivity contribution in [2.24, 2.45) is 5.73 Å². The van der Waals surface area contributed by atoms with E-state index >= 15 is 0 Å². The lowest BCUT2D eigenvalue weighted by atomic mass is 9.83. The van der Waals surface area contributed by atoms with Crippen molar-refractivity contribution in [3.8, 4) is 17.7 Å². The molecule has 1 aromatic heterocycles. The Morgan fingerprint density at radius 1 is 1.43 bits per heavy atom. The number of rotatable bonds is 2. The van der Waals surface area contributed by atoms with Crippen molar-refractivity contribution < 1.29 is 9.47 Å². The van der Waals surface area contributed by atoms with Crippen LogP contribution in [0.5, 0.6) is 11.6 Å². The minimum absolute atomic E-state index is 0.00495. The second-order valence-corrected chi connectivity index (χ2v) is 5.85. The zero-order valence-electron chi connectivity index (χ0n) is 12.3. The third kappa shape index (κ3) is 2.38. The summed E-state index contributed by atoms with van der Waals surface area (Å²) in [6.07, 6.45) is 0. The van der Waals surface area contributed by atoms with Gasteiger partial charge in [0.25, 0.3) is 0 Å².